The summed E-state index contributed by atoms with van der Waals surface area (Å²) in [5.41, 5.74) is 0.714. The molecule has 1 saturated carbocycles. The number of carbonyl (C=O) groups is 1. The summed E-state index contributed by atoms with van der Waals surface area (Å²) < 4.78 is 0. The van der Waals surface area contributed by atoms with Gasteiger partial charge in [-0.05, 0) is 32.8 Å². The maximum atomic E-state index is 12.2. The summed E-state index contributed by atoms with van der Waals surface area (Å²) in [6.45, 7) is 3.69. The van der Waals surface area contributed by atoms with Crippen molar-refractivity contribution in [3.63, 3.8) is 0 Å². The molecule has 0 bridgehead atoms. The van der Waals surface area contributed by atoms with Gasteiger partial charge in [-0.25, -0.2) is 9.97 Å². The van der Waals surface area contributed by atoms with Gasteiger partial charge in [0.2, 0.25) is 11.9 Å². The van der Waals surface area contributed by atoms with Gasteiger partial charge in [-0.2, -0.15) is 5.26 Å². The number of carbonyl (C=O) groups excluding carboxylic acids is 1. The highest BCUT2D eigenvalue weighted by Gasteiger charge is 2.41. The van der Waals surface area contributed by atoms with Crippen molar-refractivity contribution in [3.05, 3.63) is 17.5 Å². The first kappa shape index (κ1) is 12.5. The molecule has 1 fully saturated rings. The van der Waals surface area contributed by atoms with Gasteiger partial charge in [-0.1, -0.05) is 12.8 Å². The lowest BCUT2D eigenvalue weighted by Crippen LogP contribution is -2.33. The normalized spacial score (nSPS) is 17.2. The van der Waals surface area contributed by atoms with Crippen LogP contribution in [0.3, 0.4) is 0 Å². The molecule has 1 aliphatic rings. The maximum absolute atomic E-state index is 12.2. The van der Waals surface area contributed by atoms with Crippen LogP contribution in [0.15, 0.2) is 6.07 Å². The Morgan fingerprint density at radius 1 is 1.33 bits per heavy atom. The largest absolute Gasteiger partial charge is 0.293 e. The van der Waals surface area contributed by atoms with E-state index in [0.29, 0.717) is 18.8 Å². The number of hydrogen-bond acceptors (Lipinski definition) is 4. The van der Waals surface area contributed by atoms with Crippen molar-refractivity contribution in [1.82, 2.24) is 9.97 Å². The van der Waals surface area contributed by atoms with E-state index >= 15 is 0 Å². The highest BCUT2D eigenvalue weighted by Crippen LogP contribution is 2.38. The average molecular weight is 244 g/mol. The zero-order valence-corrected chi connectivity index (χ0v) is 10.7. The van der Waals surface area contributed by atoms with Gasteiger partial charge in [-0.3, -0.25) is 10.1 Å². The molecule has 1 aromatic heterocycles. The topological polar surface area (TPSA) is 78.7 Å². The number of nitrogens with zero attached hydrogens (tertiary/aromatic N) is 3. The fourth-order valence-corrected chi connectivity index (χ4v) is 2.37. The number of rotatable bonds is 2. The van der Waals surface area contributed by atoms with Crippen molar-refractivity contribution in [2.24, 2.45) is 5.41 Å². The SMILES string of the molecule is Cc1cc(C)nc(NC(=O)C2(C#N)CCCC2)n1. The number of amides is 1. The molecule has 2 rings (SSSR count). The van der Waals surface area contributed by atoms with Gasteiger partial charge in [0.15, 0.2) is 0 Å². The lowest BCUT2D eigenvalue weighted by molar-refractivity contribution is -0.122. The Hall–Kier alpha value is -1.96. The Morgan fingerprint density at radius 3 is 2.39 bits per heavy atom. The quantitative estimate of drug-likeness (QED) is 0.864. The zero-order chi connectivity index (χ0) is 13.2. The van der Waals surface area contributed by atoms with Crippen LogP contribution in [0, 0.1) is 30.6 Å². The predicted molar refractivity (Wildman–Crippen MR) is 66.6 cm³/mol. The minimum atomic E-state index is -0.888. The smallest absolute Gasteiger partial charge is 0.247 e. The van der Waals surface area contributed by atoms with E-state index in [1.165, 1.54) is 0 Å². The highest BCUT2D eigenvalue weighted by atomic mass is 16.2. The first-order chi connectivity index (χ1) is 8.55. The molecule has 18 heavy (non-hydrogen) atoms. The van der Waals surface area contributed by atoms with Crippen LogP contribution in [0.4, 0.5) is 5.95 Å². The summed E-state index contributed by atoms with van der Waals surface area (Å²) in [5.74, 6) is 0.0199. The lowest BCUT2D eigenvalue weighted by atomic mass is 9.87. The minimum absolute atomic E-state index is 0.271. The van der Waals surface area contributed by atoms with E-state index in [2.05, 4.69) is 21.4 Å². The van der Waals surface area contributed by atoms with E-state index in [1.54, 1.807) is 0 Å². The second-order valence-corrected chi connectivity index (χ2v) is 4.83. The highest BCUT2D eigenvalue weighted by molar-refractivity contribution is 5.96. The monoisotopic (exact) mass is 244 g/mol. The summed E-state index contributed by atoms with van der Waals surface area (Å²) in [6, 6.07) is 4.00. The number of aryl methyl sites for hydroxylation is 2. The van der Waals surface area contributed by atoms with Crippen molar-refractivity contribution in [2.75, 3.05) is 5.32 Å². The van der Waals surface area contributed by atoms with E-state index in [9.17, 15) is 10.1 Å². The van der Waals surface area contributed by atoms with Crippen LogP contribution in [0.25, 0.3) is 0 Å². The van der Waals surface area contributed by atoms with E-state index in [-0.39, 0.29) is 5.91 Å². The molecule has 1 aromatic rings. The van der Waals surface area contributed by atoms with Crippen LogP contribution in [0.2, 0.25) is 0 Å². The molecule has 0 spiro atoms. The number of nitrogens with one attached hydrogen (secondary N) is 1. The lowest BCUT2D eigenvalue weighted by Gasteiger charge is -2.18. The Morgan fingerprint density at radius 2 is 1.89 bits per heavy atom. The maximum Gasteiger partial charge on any atom is 0.247 e. The van der Waals surface area contributed by atoms with Gasteiger partial charge in [0, 0.05) is 11.4 Å². The molecule has 0 aromatic carbocycles. The first-order valence-corrected chi connectivity index (χ1v) is 6.11. The average Bonchev–Trinajstić information content (AvgIpc) is 2.77. The molecule has 5 nitrogen and oxygen atoms in total. The van der Waals surface area contributed by atoms with Gasteiger partial charge < -0.3 is 0 Å². The van der Waals surface area contributed by atoms with Crippen molar-refractivity contribution >= 4 is 11.9 Å². The molecule has 0 saturated heterocycles. The second kappa shape index (κ2) is 4.73. The number of hydrogen-bond donors (Lipinski definition) is 1. The Bertz CT molecular complexity index is 492. The molecular weight excluding hydrogens is 228 g/mol. The number of aromatic nitrogens is 2. The van der Waals surface area contributed by atoms with Crippen molar-refractivity contribution in [3.8, 4) is 6.07 Å². The molecule has 94 valence electrons. The van der Waals surface area contributed by atoms with E-state index in [4.69, 9.17) is 0 Å². The second-order valence-electron chi connectivity index (χ2n) is 4.83. The van der Waals surface area contributed by atoms with E-state index < -0.39 is 5.41 Å². The molecule has 0 aliphatic heterocycles. The van der Waals surface area contributed by atoms with Gasteiger partial charge >= 0.3 is 0 Å². The summed E-state index contributed by atoms with van der Waals surface area (Å²) in [6.07, 6.45) is 3.10. The molecule has 1 N–H and O–H groups in total. The fraction of sp³-hybridized carbons (Fsp3) is 0.538. The van der Waals surface area contributed by atoms with Gasteiger partial charge in [0.1, 0.15) is 5.41 Å². The van der Waals surface area contributed by atoms with Crippen LogP contribution < -0.4 is 5.32 Å². The predicted octanol–water partition coefficient (Wildman–Crippen LogP) is 2.12. The van der Waals surface area contributed by atoms with Crippen LogP contribution in [-0.2, 0) is 4.79 Å². The summed E-state index contributed by atoms with van der Waals surface area (Å²) >= 11 is 0. The number of nitriles is 1. The van der Waals surface area contributed by atoms with Crippen molar-refractivity contribution < 1.29 is 4.79 Å². The van der Waals surface area contributed by atoms with Gasteiger partial charge in [-0.15, -0.1) is 0 Å². The van der Waals surface area contributed by atoms with Gasteiger partial charge in [0.05, 0.1) is 6.07 Å². The molecule has 0 atom stereocenters. The van der Waals surface area contributed by atoms with Crippen LogP contribution >= 0.6 is 0 Å². The van der Waals surface area contributed by atoms with Crippen LogP contribution in [-0.4, -0.2) is 15.9 Å². The fourth-order valence-electron chi connectivity index (χ4n) is 2.37. The first-order valence-electron chi connectivity index (χ1n) is 6.11. The molecule has 0 radical (unpaired) electrons. The third-order valence-corrected chi connectivity index (χ3v) is 3.31. The minimum Gasteiger partial charge on any atom is -0.293 e. The third kappa shape index (κ3) is 2.33. The zero-order valence-electron chi connectivity index (χ0n) is 10.7. The molecular formula is C13H16N4O. The van der Waals surface area contributed by atoms with Crippen molar-refractivity contribution in [1.29, 1.82) is 5.26 Å². The molecule has 1 heterocycles. The Balaban J connectivity index is 2.18. The Labute approximate surface area is 106 Å². The molecule has 1 aliphatic carbocycles. The molecule has 5 heteroatoms. The third-order valence-electron chi connectivity index (χ3n) is 3.31. The summed E-state index contributed by atoms with van der Waals surface area (Å²) in [5, 5.41) is 11.9. The van der Waals surface area contributed by atoms with E-state index in [1.807, 2.05) is 19.9 Å². The van der Waals surface area contributed by atoms with Crippen molar-refractivity contribution in [2.45, 2.75) is 39.5 Å². The summed E-state index contributed by atoms with van der Waals surface area (Å²) in [4.78, 5) is 20.5. The molecule has 1 amide bonds. The molecule has 0 unspecified atom stereocenters. The Kier molecular flexibility index (Phi) is 3.28. The van der Waals surface area contributed by atoms with Crippen LogP contribution in [0.5, 0.6) is 0 Å². The van der Waals surface area contributed by atoms with Gasteiger partial charge in [0.25, 0.3) is 0 Å². The number of anilines is 1. The summed E-state index contributed by atoms with van der Waals surface area (Å²) in [7, 11) is 0. The standard InChI is InChI=1S/C13H16N4O/c1-9-7-10(2)16-12(15-9)17-11(18)13(8-14)5-3-4-6-13/h7H,3-6H2,1-2H3,(H,15,16,17,18). The van der Waals surface area contributed by atoms with E-state index in [0.717, 1.165) is 24.2 Å². The van der Waals surface area contributed by atoms with Crippen LogP contribution in [0.1, 0.15) is 37.1 Å².